The van der Waals surface area contributed by atoms with Gasteiger partial charge in [0.05, 0.1) is 0 Å². The van der Waals surface area contributed by atoms with Gasteiger partial charge in [-0.15, -0.1) is 0 Å². The van der Waals surface area contributed by atoms with Gasteiger partial charge in [-0.25, -0.2) is 4.39 Å². The minimum atomic E-state index is -0.237. The quantitative estimate of drug-likeness (QED) is 0.788. The lowest BCUT2D eigenvalue weighted by atomic mass is 10.1. The summed E-state index contributed by atoms with van der Waals surface area (Å²) in [5, 5.41) is 3.35. The van der Waals surface area contributed by atoms with Gasteiger partial charge >= 0.3 is 0 Å². The van der Waals surface area contributed by atoms with Gasteiger partial charge in [0.1, 0.15) is 18.2 Å². The number of nitrogens with two attached hydrogens (primary N) is 1. The third-order valence-corrected chi connectivity index (χ3v) is 3.51. The second-order valence-corrected chi connectivity index (χ2v) is 5.37. The Morgan fingerprint density at radius 1 is 1.18 bits per heavy atom. The first-order chi connectivity index (χ1) is 10.7. The van der Waals surface area contributed by atoms with Crippen LogP contribution in [0.1, 0.15) is 18.1 Å². The number of ether oxygens (including phenoxy) is 1. The molecule has 2 aromatic carbocycles. The van der Waals surface area contributed by atoms with Crippen LogP contribution < -0.4 is 15.8 Å². The summed E-state index contributed by atoms with van der Waals surface area (Å²) in [6.45, 7) is 3.80. The Hall–Kier alpha value is -1.91. The Morgan fingerprint density at radius 3 is 2.77 bits per heavy atom. The summed E-state index contributed by atoms with van der Waals surface area (Å²) in [6, 6.07) is 14.9. The van der Waals surface area contributed by atoms with Crippen LogP contribution in [0.5, 0.6) is 5.75 Å². The van der Waals surface area contributed by atoms with Crippen molar-refractivity contribution in [2.24, 2.45) is 5.73 Å². The van der Waals surface area contributed by atoms with Crippen molar-refractivity contribution >= 4 is 0 Å². The molecule has 3 nitrogen and oxygen atoms in total. The number of hydrogen-bond acceptors (Lipinski definition) is 3. The predicted octanol–water partition coefficient (Wildman–Crippen LogP) is 2.88. The summed E-state index contributed by atoms with van der Waals surface area (Å²) in [6.07, 6.45) is 0.904. The normalized spacial score (nSPS) is 12.1. The van der Waals surface area contributed by atoms with Crippen LogP contribution in [-0.2, 0) is 13.0 Å². The van der Waals surface area contributed by atoms with Gasteiger partial charge < -0.3 is 15.8 Å². The van der Waals surface area contributed by atoms with Crippen LogP contribution in [0.3, 0.4) is 0 Å². The molecule has 0 saturated carbocycles. The van der Waals surface area contributed by atoms with E-state index in [9.17, 15) is 4.39 Å². The minimum Gasteiger partial charge on any atom is -0.489 e. The Morgan fingerprint density at radius 2 is 2.00 bits per heavy atom. The fourth-order valence-electron chi connectivity index (χ4n) is 2.11. The van der Waals surface area contributed by atoms with Crippen molar-refractivity contribution in [3.05, 3.63) is 65.5 Å². The van der Waals surface area contributed by atoms with Crippen LogP contribution in [0.25, 0.3) is 0 Å². The first-order valence-electron chi connectivity index (χ1n) is 7.57. The fraction of sp³-hybridized carbons (Fsp3) is 0.333. The molecule has 118 valence electrons. The van der Waals surface area contributed by atoms with E-state index in [-0.39, 0.29) is 12.4 Å². The molecule has 4 heteroatoms. The van der Waals surface area contributed by atoms with Crippen LogP contribution >= 0.6 is 0 Å². The Balaban J connectivity index is 1.87. The monoisotopic (exact) mass is 302 g/mol. The molecular formula is C18H23FN2O. The molecule has 0 heterocycles. The molecule has 3 N–H and O–H groups in total. The summed E-state index contributed by atoms with van der Waals surface area (Å²) in [5.74, 6) is 0.520. The number of rotatable bonds is 8. The smallest absolute Gasteiger partial charge is 0.129 e. The molecule has 22 heavy (non-hydrogen) atoms. The van der Waals surface area contributed by atoms with Crippen molar-refractivity contribution in [2.75, 3.05) is 13.1 Å². The average Bonchev–Trinajstić information content (AvgIpc) is 2.54. The Kier molecular flexibility index (Phi) is 6.37. The molecule has 0 aliphatic rings. The zero-order valence-corrected chi connectivity index (χ0v) is 12.9. The van der Waals surface area contributed by atoms with Gasteiger partial charge in [0.15, 0.2) is 0 Å². The maximum absolute atomic E-state index is 13.5. The summed E-state index contributed by atoms with van der Waals surface area (Å²) in [4.78, 5) is 0. The van der Waals surface area contributed by atoms with Gasteiger partial charge in [0.25, 0.3) is 0 Å². The molecule has 0 aromatic heterocycles. The summed E-state index contributed by atoms with van der Waals surface area (Å²) in [7, 11) is 0. The van der Waals surface area contributed by atoms with Gasteiger partial charge in [0.2, 0.25) is 0 Å². The maximum Gasteiger partial charge on any atom is 0.129 e. The number of halogens is 1. The summed E-state index contributed by atoms with van der Waals surface area (Å²) >= 11 is 0. The minimum absolute atomic E-state index is 0.235. The predicted molar refractivity (Wildman–Crippen MR) is 87.4 cm³/mol. The summed E-state index contributed by atoms with van der Waals surface area (Å²) < 4.78 is 19.2. The van der Waals surface area contributed by atoms with E-state index in [0.29, 0.717) is 18.2 Å². The molecule has 2 aromatic rings. The SMILES string of the molecule is CC(CN)NCCc1cccc(OCc2ccccc2F)c1. The van der Waals surface area contributed by atoms with E-state index in [0.717, 1.165) is 18.7 Å². The highest BCUT2D eigenvalue weighted by Gasteiger charge is 2.03. The first-order valence-corrected chi connectivity index (χ1v) is 7.57. The number of nitrogens with one attached hydrogen (secondary N) is 1. The largest absolute Gasteiger partial charge is 0.489 e. The van der Waals surface area contributed by atoms with Gasteiger partial charge in [-0.2, -0.15) is 0 Å². The standard InChI is InChI=1S/C18H23FN2O/c1-14(12-20)21-10-9-15-5-4-7-17(11-15)22-13-16-6-2-3-8-18(16)19/h2-8,11,14,21H,9-10,12-13,20H2,1H3. The van der Waals surface area contributed by atoms with Gasteiger partial charge in [0, 0.05) is 18.2 Å². The van der Waals surface area contributed by atoms with Crippen LogP contribution in [0, 0.1) is 5.82 Å². The van der Waals surface area contributed by atoms with Crippen LogP contribution in [0.2, 0.25) is 0 Å². The van der Waals surface area contributed by atoms with Crippen molar-refractivity contribution in [1.82, 2.24) is 5.32 Å². The molecule has 0 saturated heterocycles. The summed E-state index contributed by atoms with van der Waals surface area (Å²) in [5.41, 5.74) is 7.31. The molecule has 0 radical (unpaired) electrons. The van der Waals surface area contributed by atoms with Crippen molar-refractivity contribution in [3.8, 4) is 5.75 Å². The highest BCUT2D eigenvalue weighted by atomic mass is 19.1. The fourth-order valence-corrected chi connectivity index (χ4v) is 2.11. The molecule has 2 rings (SSSR count). The van der Waals surface area contributed by atoms with Crippen LogP contribution in [0.4, 0.5) is 4.39 Å². The van der Waals surface area contributed by atoms with Crippen molar-refractivity contribution in [1.29, 1.82) is 0 Å². The highest BCUT2D eigenvalue weighted by molar-refractivity contribution is 5.29. The molecule has 0 aliphatic carbocycles. The lowest BCUT2D eigenvalue weighted by Crippen LogP contribution is -2.34. The van der Waals surface area contributed by atoms with Crippen molar-refractivity contribution < 1.29 is 9.13 Å². The first kappa shape index (κ1) is 16.5. The van der Waals surface area contributed by atoms with E-state index >= 15 is 0 Å². The Labute approximate surface area is 131 Å². The zero-order chi connectivity index (χ0) is 15.8. The van der Waals surface area contributed by atoms with Crippen LogP contribution in [0.15, 0.2) is 48.5 Å². The van der Waals surface area contributed by atoms with E-state index in [2.05, 4.69) is 18.3 Å². The van der Waals surface area contributed by atoms with Crippen molar-refractivity contribution in [2.45, 2.75) is 26.0 Å². The van der Waals surface area contributed by atoms with E-state index in [1.54, 1.807) is 12.1 Å². The zero-order valence-electron chi connectivity index (χ0n) is 12.9. The lowest BCUT2D eigenvalue weighted by Gasteiger charge is -2.12. The molecule has 0 fully saturated rings. The molecular weight excluding hydrogens is 279 g/mol. The molecule has 0 amide bonds. The number of benzene rings is 2. The number of hydrogen-bond donors (Lipinski definition) is 2. The second-order valence-electron chi connectivity index (χ2n) is 5.37. The van der Waals surface area contributed by atoms with Gasteiger partial charge in [-0.3, -0.25) is 0 Å². The molecule has 0 aliphatic heterocycles. The van der Waals surface area contributed by atoms with E-state index in [1.165, 1.54) is 11.6 Å². The maximum atomic E-state index is 13.5. The highest BCUT2D eigenvalue weighted by Crippen LogP contribution is 2.16. The molecule has 0 spiro atoms. The third kappa shape index (κ3) is 5.13. The van der Waals surface area contributed by atoms with Crippen LogP contribution in [-0.4, -0.2) is 19.1 Å². The molecule has 1 unspecified atom stereocenters. The van der Waals surface area contributed by atoms with Gasteiger partial charge in [-0.05, 0) is 43.7 Å². The third-order valence-electron chi connectivity index (χ3n) is 3.51. The second kappa shape index (κ2) is 8.51. The topological polar surface area (TPSA) is 47.3 Å². The molecule has 1 atom stereocenters. The van der Waals surface area contributed by atoms with Crippen molar-refractivity contribution in [3.63, 3.8) is 0 Å². The van der Waals surface area contributed by atoms with E-state index < -0.39 is 0 Å². The average molecular weight is 302 g/mol. The van der Waals surface area contributed by atoms with E-state index in [1.807, 2.05) is 24.3 Å². The van der Waals surface area contributed by atoms with E-state index in [4.69, 9.17) is 10.5 Å². The van der Waals surface area contributed by atoms with Gasteiger partial charge in [-0.1, -0.05) is 30.3 Å². The Bertz CT molecular complexity index is 589. The molecule has 0 bridgehead atoms. The lowest BCUT2D eigenvalue weighted by molar-refractivity contribution is 0.299.